The van der Waals surface area contributed by atoms with Gasteiger partial charge in [-0.3, -0.25) is 0 Å². The molecule has 1 heterocycles. The first-order chi connectivity index (χ1) is 5.54. The number of aromatic carboxylic acids is 2. The van der Waals surface area contributed by atoms with Gasteiger partial charge in [-0.25, -0.2) is 9.59 Å². The van der Waals surface area contributed by atoms with Gasteiger partial charge in [0, 0.05) is 5.38 Å². The van der Waals surface area contributed by atoms with E-state index < -0.39 is 11.9 Å². The van der Waals surface area contributed by atoms with Crippen molar-refractivity contribution < 1.29 is 19.8 Å². The number of carboxylic acids is 2. The molecule has 0 bridgehead atoms. The number of carboxylic acid groups (broad SMARTS) is 2. The van der Waals surface area contributed by atoms with Crippen LogP contribution in [0.4, 0.5) is 0 Å². The molecule has 0 aliphatic rings. The van der Waals surface area contributed by atoms with E-state index in [-0.39, 0.29) is 14.9 Å². The molecule has 0 aromatic carbocycles. The number of hydrogen-bond acceptors (Lipinski definition) is 3. The van der Waals surface area contributed by atoms with Gasteiger partial charge in [-0.1, -0.05) is 0 Å². The van der Waals surface area contributed by atoms with Crippen molar-refractivity contribution in [3.05, 3.63) is 20.3 Å². The average molecular weight is 251 g/mol. The molecule has 12 heavy (non-hydrogen) atoms. The summed E-state index contributed by atoms with van der Waals surface area (Å²) in [5.74, 6) is -2.26. The van der Waals surface area contributed by atoms with E-state index in [1.165, 1.54) is 5.38 Å². The summed E-state index contributed by atoms with van der Waals surface area (Å²) in [4.78, 5) is 20.9. The van der Waals surface area contributed by atoms with Crippen LogP contribution in [-0.2, 0) is 0 Å². The summed E-state index contributed by atoms with van der Waals surface area (Å²) in [6.45, 7) is 0. The minimum atomic E-state index is -1.13. The molecular formula is C6H3BrO4S. The Morgan fingerprint density at radius 3 is 2.17 bits per heavy atom. The number of carbonyl (C=O) groups is 2. The lowest BCUT2D eigenvalue weighted by atomic mass is 10.3. The van der Waals surface area contributed by atoms with Gasteiger partial charge in [0.05, 0.1) is 10.0 Å². The van der Waals surface area contributed by atoms with Crippen molar-refractivity contribution in [2.24, 2.45) is 0 Å². The Morgan fingerprint density at radius 2 is 1.92 bits per heavy atom. The number of thiophene rings is 1. The molecule has 1 aromatic heterocycles. The highest BCUT2D eigenvalue weighted by Gasteiger charge is 2.18. The molecule has 1 aromatic rings. The molecule has 0 unspecified atom stereocenters. The summed E-state index contributed by atoms with van der Waals surface area (Å²) >= 11 is 3.79. The number of rotatable bonds is 2. The molecule has 0 atom stereocenters. The fraction of sp³-hybridized carbons (Fsp3) is 0. The van der Waals surface area contributed by atoms with Crippen LogP contribution >= 0.6 is 27.3 Å². The summed E-state index contributed by atoms with van der Waals surface area (Å²) in [6, 6.07) is 0. The van der Waals surface area contributed by atoms with Crippen LogP contribution in [0.3, 0.4) is 0 Å². The molecule has 0 aliphatic heterocycles. The van der Waals surface area contributed by atoms with Gasteiger partial charge in [0.15, 0.2) is 0 Å². The number of halogens is 1. The van der Waals surface area contributed by atoms with Crippen LogP contribution in [0, 0.1) is 0 Å². The third kappa shape index (κ3) is 1.49. The summed E-state index contributed by atoms with van der Waals surface area (Å²) in [6.07, 6.45) is 0. The van der Waals surface area contributed by atoms with Crippen molar-refractivity contribution >= 4 is 39.2 Å². The summed E-state index contributed by atoms with van der Waals surface area (Å²) in [5, 5.41) is 18.4. The minimum Gasteiger partial charge on any atom is -0.478 e. The maximum absolute atomic E-state index is 10.4. The molecule has 0 spiro atoms. The second kappa shape index (κ2) is 3.24. The molecule has 6 heteroatoms. The molecule has 0 fully saturated rings. The van der Waals surface area contributed by atoms with Gasteiger partial charge < -0.3 is 10.2 Å². The van der Waals surface area contributed by atoms with E-state index >= 15 is 0 Å². The van der Waals surface area contributed by atoms with E-state index in [1.54, 1.807) is 0 Å². The van der Waals surface area contributed by atoms with Crippen molar-refractivity contribution in [1.82, 2.24) is 0 Å². The predicted molar refractivity (Wildman–Crippen MR) is 45.9 cm³/mol. The van der Waals surface area contributed by atoms with Crippen molar-refractivity contribution in [2.45, 2.75) is 0 Å². The Bertz CT molecular complexity index is 312. The fourth-order valence-corrected chi connectivity index (χ4v) is 2.29. The van der Waals surface area contributed by atoms with Crippen LogP contribution in [-0.4, -0.2) is 22.2 Å². The average Bonchev–Trinajstić information content (AvgIpc) is 2.30. The van der Waals surface area contributed by atoms with Crippen molar-refractivity contribution in [1.29, 1.82) is 0 Å². The minimum absolute atomic E-state index is 0.00685. The second-order valence-electron chi connectivity index (χ2n) is 1.90. The van der Waals surface area contributed by atoms with Crippen LogP contribution in [0.25, 0.3) is 0 Å². The lowest BCUT2D eigenvalue weighted by Gasteiger charge is -1.90. The van der Waals surface area contributed by atoms with E-state index in [0.29, 0.717) is 0 Å². The third-order valence-corrected chi connectivity index (χ3v) is 3.21. The van der Waals surface area contributed by atoms with Crippen LogP contribution in [0.2, 0.25) is 0 Å². The van der Waals surface area contributed by atoms with Gasteiger partial charge in [-0.2, -0.15) is 0 Å². The lowest BCUT2D eigenvalue weighted by molar-refractivity contribution is 0.0695. The molecule has 0 radical (unpaired) electrons. The van der Waals surface area contributed by atoms with Crippen molar-refractivity contribution in [3.8, 4) is 0 Å². The third-order valence-electron chi connectivity index (χ3n) is 1.16. The maximum Gasteiger partial charge on any atom is 0.347 e. The molecule has 1 rings (SSSR count). The van der Waals surface area contributed by atoms with Gasteiger partial charge in [-0.05, 0) is 15.9 Å². The topological polar surface area (TPSA) is 74.6 Å². The van der Waals surface area contributed by atoms with Gasteiger partial charge >= 0.3 is 11.9 Å². The van der Waals surface area contributed by atoms with Crippen LogP contribution in [0.5, 0.6) is 0 Å². The van der Waals surface area contributed by atoms with Gasteiger partial charge in [0.2, 0.25) is 0 Å². The standard InChI is InChI=1S/C6H3BrO4S/c7-3-2(5(8)9)1-12-4(3)6(10)11/h1H,(H,8,9)(H,10,11). The van der Waals surface area contributed by atoms with Crippen molar-refractivity contribution in [2.75, 3.05) is 0 Å². The molecule has 0 saturated heterocycles. The quantitative estimate of drug-likeness (QED) is 0.841. The van der Waals surface area contributed by atoms with Gasteiger partial charge in [0.1, 0.15) is 4.88 Å². The first-order valence-electron chi connectivity index (χ1n) is 2.77. The Balaban J connectivity index is 3.22. The first-order valence-corrected chi connectivity index (χ1v) is 4.45. The van der Waals surface area contributed by atoms with E-state index in [2.05, 4.69) is 15.9 Å². The molecule has 64 valence electrons. The Morgan fingerprint density at radius 1 is 1.33 bits per heavy atom. The zero-order valence-electron chi connectivity index (χ0n) is 5.57. The summed E-state index contributed by atoms with van der Waals surface area (Å²) in [5.41, 5.74) is -0.0163. The molecule has 0 saturated carbocycles. The Labute approximate surface area is 79.6 Å². The fourth-order valence-electron chi connectivity index (χ4n) is 0.632. The van der Waals surface area contributed by atoms with Gasteiger partial charge in [0.25, 0.3) is 0 Å². The van der Waals surface area contributed by atoms with E-state index in [0.717, 1.165) is 11.3 Å². The lowest BCUT2D eigenvalue weighted by Crippen LogP contribution is -1.97. The molecule has 2 N–H and O–H groups in total. The summed E-state index contributed by atoms with van der Waals surface area (Å²) in [7, 11) is 0. The largest absolute Gasteiger partial charge is 0.478 e. The summed E-state index contributed by atoms with van der Waals surface area (Å²) < 4.78 is 0.132. The Kier molecular flexibility index (Phi) is 2.49. The molecule has 0 amide bonds. The highest BCUT2D eigenvalue weighted by atomic mass is 79.9. The van der Waals surface area contributed by atoms with E-state index in [9.17, 15) is 9.59 Å². The van der Waals surface area contributed by atoms with E-state index in [4.69, 9.17) is 10.2 Å². The number of hydrogen-bond donors (Lipinski definition) is 2. The van der Waals surface area contributed by atoms with Crippen molar-refractivity contribution in [3.63, 3.8) is 0 Å². The monoisotopic (exact) mass is 250 g/mol. The van der Waals surface area contributed by atoms with Crippen LogP contribution in [0.1, 0.15) is 20.0 Å². The van der Waals surface area contributed by atoms with Crippen LogP contribution in [0.15, 0.2) is 9.85 Å². The maximum atomic E-state index is 10.4. The highest BCUT2D eigenvalue weighted by molar-refractivity contribution is 9.10. The smallest absolute Gasteiger partial charge is 0.347 e. The Hall–Kier alpha value is -0.880. The molecule has 0 aliphatic carbocycles. The molecule has 4 nitrogen and oxygen atoms in total. The predicted octanol–water partition coefficient (Wildman–Crippen LogP) is 1.91. The van der Waals surface area contributed by atoms with Crippen LogP contribution < -0.4 is 0 Å². The zero-order chi connectivity index (χ0) is 9.30. The first kappa shape index (κ1) is 9.21. The molecular weight excluding hydrogens is 248 g/mol. The van der Waals surface area contributed by atoms with Gasteiger partial charge in [-0.15, -0.1) is 11.3 Å². The zero-order valence-corrected chi connectivity index (χ0v) is 7.98. The normalized spacial score (nSPS) is 9.75. The SMILES string of the molecule is O=C(O)c1csc(C(=O)O)c1Br. The highest BCUT2D eigenvalue weighted by Crippen LogP contribution is 2.28. The van der Waals surface area contributed by atoms with E-state index in [1.807, 2.05) is 0 Å². The second-order valence-corrected chi connectivity index (χ2v) is 3.58.